The summed E-state index contributed by atoms with van der Waals surface area (Å²) in [7, 11) is 0. The fourth-order valence-electron chi connectivity index (χ4n) is 1.67. The van der Waals surface area contributed by atoms with E-state index in [1.165, 1.54) is 22.9 Å². The van der Waals surface area contributed by atoms with Gasteiger partial charge in [-0.15, -0.1) is 0 Å². The molecule has 1 aromatic carbocycles. The van der Waals surface area contributed by atoms with Crippen LogP contribution < -0.4 is 16.2 Å². The lowest BCUT2D eigenvalue weighted by Gasteiger charge is -2.07. The second-order valence-electron chi connectivity index (χ2n) is 3.95. The molecule has 2 heterocycles. The minimum Gasteiger partial charge on any atom is -0.437 e. The number of nitrogens with one attached hydrogen (secondary N) is 1. The number of nitrogens with zero attached hydrogens (tertiary/aromatic N) is 4. The van der Waals surface area contributed by atoms with Gasteiger partial charge in [0.2, 0.25) is 5.88 Å². The Morgan fingerprint density at radius 1 is 1.40 bits per heavy atom. The number of anilines is 1. The number of nitrogen functional groups attached to an aromatic ring is 1. The Balaban J connectivity index is 1.97. The highest BCUT2D eigenvalue weighted by Crippen LogP contribution is 2.27. The summed E-state index contributed by atoms with van der Waals surface area (Å²) < 4.78 is 6.76. The first kappa shape index (κ1) is 11.7. The van der Waals surface area contributed by atoms with Crippen molar-refractivity contribution in [2.75, 3.05) is 5.73 Å². The largest absolute Gasteiger partial charge is 0.437 e. The molecule has 98 valence electrons. The molecule has 0 aliphatic carbocycles. The number of hydrogen-bond donors (Lipinski definition) is 2. The molecule has 8 nitrogen and oxygen atoms in total. The molecule has 0 radical (unpaired) electrons. The van der Waals surface area contributed by atoms with Gasteiger partial charge in [0.15, 0.2) is 11.4 Å². The molecule has 3 rings (SSSR count). The Bertz CT molecular complexity index is 889. The molecule has 0 spiro atoms. The van der Waals surface area contributed by atoms with Gasteiger partial charge in [-0.25, -0.2) is 19.3 Å². The molecule has 8 heteroatoms. The number of rotatable bonds is 2. The number of benzene rings is 1. The molecular weight excluding hydrogens is 260 g/mol. The van der Waals surface area contributed by atoms with Crippen LogP contribution in [0.1, 0.15) is 5.56 Å². The van der Waals surface area contributed by atoms with Crippen LogP contribution >= 0.6 is 0 Å². The third kappa shape index (κ3) is 1.93. The van der Waals surface area contributed by atoms with Crippen LogP contribution in [0, 0.1) is 11.3 Å². The summed E-state index contributed by atoms with van der Waals surface area (Å²) in [6.45, 7) is 0. The van der Waals surface area contributed by atoms with Crippen LogP contribution in [0.2, 0.25) is 0 Å². The number of hydrogen-bond acceptors (Lipinski definition) is 6. The number of ether oxygens (including phenoxy) is 1. The zero-order valence-corrected chi connectivity index (χ0v) is 10.1. The lowest BCUT2D eigenvalue weighted by molar-refractivity contribution is 0.464. The molecule has 20 heavy (non-hydrogen) atoms. The van der Waals surface area contributed by atoms with Crippen LogP contribution in [-0.4, -0.2) is 19.6 Å². The number of H-pyrrole nitrogens is 1. The predicted molar refractivity (Wildman–Crippen MR) is 69.3 cm³/mol. The number of nitriles is 1. The third-order valence-electron chi connectivity index (χ3n) is 2.64. The molecule has 3 N–H and O–H groups in total. The molecule has 0 saturated heterocycles. The van der Waals surface area contributed by atoms with E-state index < -0.39 is 0 Å². The van der Waals surface area contributed by atoms with Crippen LogP contribution in [0.5, 0.6) is 11.6 Å². The van der Waals surface area contributed by atoms with Gasteiger partial charge < -0.3 is 10.5 Å². The molecule has 0 fully saturated rings. The van der Waals surface area contributed by atoms with Gasteiger partial charge in [-0.05, 0) is 18.2 Å². The standard InChI is InChI=1S/C12H8N6O2/c13-5-7-1-2-9(8(14)3-7)20-11-4-10-16-17-12(19)18(10)6-15-11/h1-4,6H,14H2,(H,17,19). The van der Waals surface area contributed by atoms with Gasteiger partial charge >= 0.3 is 5.69 Å². The summed E-state index contributed by atoms with van der Waals surface area (Å²) in [5.74, 6) is 0.617. The molecule has 0 aliphatic heterocycles. The van der Waals surface area contributed by atoms with E-state index in [0.717, 1.165) is 0 Å². The highest BCUT2D eigenvalue weighted by Gasteiger charge is 2.07. The molecule has 0 bridgehead atoms. The van der Waals surface area contributed by atoms with Crippen molar-refractivity contribution >= 4 is 11.3 Å². The number of aromatic amines is 1. The summed E-state index contributed by atoms with van der Waals surface area (Å²) in [4.78, 5) is 15.3. The molecule has 2 aromatic heterocycles. The number of nitrogens with two attached hydrogens (primary N) is 1. The second kappa shape index (κ2) is 4.40. The topological polar surface area (TPSA) is 122 Å². The van der Waals surface area contributed by atoms with E-state index in [-0.39, 0.29) is 11.6 Å². The van der Waals surface area contributed by atoms with Crippen molar-refractivity contribution in [1.82, 2.24) is 19.6 Å². The summed E-state index contributed by atoms with van der Waals surface area (Å²) in [5.41, 5.74) is 6.55. The van der Waals surface area contributed by atoms with E-state index in [1.54, 1.807) is 12.1 Å². The van der Waals surface area contributed by atoms with Crippen LogP contribution in [0.4, 0.5) is 5.69 Å². The van der Waals surface area contributed by atoms with Crippen molar-refractivity contribution < 1.29 is 4.74 Å². The first-order chi connectivity index (χ1) is 9.67. The lowest BCUT2D eigenvalue weighted by atomic mass is 10.2. The van der Waals surface area contributed by atoms with Gasteiger partial charge in [-0.2, -0.15) is 10.4 Å². The second-order valence-corrected chi connectivity index (χ2v) is 3.95. The minimum atomic E-state index is -0.378. The highest BCUT2D eigenvalue weighted by molar-refractivity contribution is 5.57. The zero-order chi connectivity index (χ0) is 14.1. The van der Waals surface area contributed by atoms with Gasteiger partial charge in [0.25, 0.3) is 0 Å². The van der Waals surface area contributed by atoms with E-state index in [1.807, 2.05) is 6.07 Å². The first-order valence-electron chi connectivity index (χ1n) is 5.57. The number of fused-ring (bicyclic) bond motifs is 1. The maximum atomic E-state index is 11.3. The molecule has 3 aromatic rings. The molecule has 0 unspecified atom stereocenters. The molecule has 0 aliphatic rings. The predicted octanol–water partition coefficient (Wildman–Crippen LogP) is 0.664. The Labute approximate surface area is 112 Å². The van der Waals surface area contributed by atoms with E-state index in [9.17, 15) is 4.79 Å². The normalized spacial score (nSPS) is 10.3. The van der Waals surface area contributed by atoms with E-state index in [0.29, 0.717) is 22.6 Å². The Morgan fingerprint density at radius 3 is 3.00 bits per heavy atom. The number of aromatic nitrogens is 4. The average Bonchev–Trinajstić information content (AvgIpc) is 2.82. The maximum absolute atomic E-state index is 11.3. The SMILES string of the molecule is N#Cc1ccc(Oc2cc3n[nH]c(=O)n3cn2)c(N)c1. The van der Waals surface area contributed by atoms with Gasteiger partial charge in [0.05, 0.1) is 17.3 Å². The molecular formula is C12H8N6O2. The van der Waals surface area contributed by atoms with Gasteiger partial charge in [0.1, 0.15) is 6.33 Å². The summed E-state index contributed by atoms with van der Waals surface area (Å²) in [6.07, 6.45) is 1.30. The smallest absolute Gasteiger partial charge is 0.348 e. The van der Waals surface area contributed by atoms with Crippen molar-refractivity contribution in [3.8, 4) is 17.7 Å². The van der Waals surface area contributed by atoms with E-state index >= 15 is 0 Å². The highest BCUT2D eigenvalue weighted by atomic mass is 16.5. The van der Waals surface area contributed by atoms with E-state index in [4.69, 9.17) is 15.7 Å². The van der Waals surface area contributed by atoms with Gasteiger partial charge in [-0.3, -0.25) is 0 Å². The fraction of sp³-hybridized carbons (Fsp3) is 0. The Morgan fingerprint density at radius 2 is 2.25 bits per heavy atom. The lowest BCUT2D eigenvalue weighted by Crippen LogP contribution is -2.09. The summed E-state index contributed by atoms with van der Waals surface area (Å²) in [5, 5.41) is 14.9. The van der Waals surface area contributed by atoms with Crippen molar-refractivity contribution in [1.29, 1.82) is 5.26 Å². The molecule has 0 atom stereocenters. The summed E-state index contributed by atoms with van der Waals surface area (Å²) in [6, 6.07) is 8.15. The van der Waals surface area contributed by atoms with Crippen molar-refractivity contribution in [3.05, 3.63) is 46.6 Å². The fourth-order valence-corrected chi connectivity index (χ4v) is 1.67. The monoisotopic (exact) mass is 268 g/mol. The van der Waals surface area contributed by atoms with Crippen LogP contribution in [-0.2, 0) is 0 Å². The van der Waals surface area contributed by atoms with Crippen molar-refractivity contribution in [2.45, 2.75) is 0 Å². The van der Waals surface area contributed by atoms with Gasteiger partial charge in [-0.1, -0.05) is 0 Å². The van der Waals surface area contributed by atoms with Crippen LogP contribution in [0.25, 0.3) is 5.65 Å². The first-order valence-corrected chi connectivity index (χ1v) is 5.57. The van der Waals surface area contributed by atoms with Crippen molar-refractivity contribution in [2.24, 2.45) is 0 Å². The third-order valence-corrected chi connectivity index (χ3v) is 2.64. The van der Waals surface area contributed by atoms with Crippen LogP contribution in [0.3, 0.4) is 0 Å². The van der Waals surface area contributed by atoms with E-state index in [2.05, 4.69) is 15.2 Å². The van der Waals surface area contributed by atoms with Gasteiger partial charge in [0, 0.05) is 6.07 Å². The van der Waals surface area contributed by atoms with Crippen LogP contribution in [0.15, 0.2) is 35.4 Å². The molecule has 0 saturated carbocycles. The quantitative estimate of drug-likeness (QED) is 0.658. The average molecular weight is 268 g/mol. The maximum Gasteiger partial charge on any atom is 0.348 e. The summed E-state index contributed by atoms with van der Waals surface area (Å²) >= 11 is 0. The molecule has 0 amide bonds. The Kier molecular flexibility index (Phi) is 2.58. The van der Waals surface area contributed by atoms with Crippen molar-refractivity contribution in [3.63, 3.8) is 0 Å². The minimum absolute atomic E-state index is 0.243. The zero-order valence-electron chi connectivity index (χ0n) is 10.1. The Hall–Kier alpha value is -3.34.